The average Bonchev–Trinajstić information content (AvgIpc) is 3.07. The molecule has 1 aromatic heterocycles. The van der Waals surface area contributed by atoms with Gasteiger partial charge in [-0.25, -0.2) is 8.42 Å². The number of nitrogens with zero attached hydrogens (tertiary/aromatic N) is 2. The van der Waals surface area contributed by atoms with Crippen LogP contribution in [-0.2, 0) is 23.0 Å². The second kappa shape index (κ2) is 5.81. The molecule has 0 saturated carbocycles. The molecule has 0 amide bonds. The highest BCUT2D eigenvalue weighted by Crippen LogP contribution is 2.37. The van der Waals surface area contributed by atoms with Gasteiger partial charge in [-0.05, 0) is 26.0 Å². The van der Waals surface area contributed by atoms with Crippen LogP contribution in [0.3, 0.4) is 0 Å². The molecular formula is C15H17ClN2O4S. The van der Waals surface area contributed by atoms with E-state index in [-0.39, 0.29) is 11.4 Å². The van der Waals surface area contributed by atoms with E-state index in [9.17, 15) is 8.42 Å². The predicted octanol–water partition coefficient (Wildman–Crippen LogP) is 2.70. The van der Waals surface area contributed by atoms with E-state index in [1.165, 1.54) is 17.4 Å². The van der Waals surface area contributed by atoms with Crippen molar-refractivity contribution in [2.24, 2.45) is 0 Å². The first-order chi connectivity index (χ1) is 10.8. The van der Waals surface area contributed by atoms with Crippen LogP contribution in [0.1, 0.15) is 22.6 Å². The van der Waals surface area contributed by atoms with Gasteiger partial charge in [0, 0.05) is 36.2 Å². The van der Waals surface area contributed by atoms with Crippen LogP contribution in [0.4, 0.5) is 0 Å². The van der Waals surface area contributed by atoms with Crippen molar-refractivity contribution in [2.45, 2.75) is 31.7 Å². The molecule has 2 aromatic rings. The van der Waals surface area contributed by atoms with Crippen molar-refractivity contribution in [3.8, 4) is 5.75 Å². The van der Waals surface area contributed by atoms with Crippen LogP contribution in [0.15, 0.2) is 21.6 Å². The van der Waals surface area contributed by atoms with Gasteiger partial charge in [-0.3, -0.25) is 0 Å². The van der Waals surface area contributed by atoms with Crippen molar-refractivity contribution in [2.75, 3.05) is 13.7 Å². The number of halogens is 1. The van der Waals surface area contributed by atoms with Crippen LogP contribution in [0.25, 0.3) is 0 Å². The Labute approximate surface area is 140 Å². The lowest BCUT2D eigenvalue weighted by Crippen LogP contribution is -2.27. The lowest BCUT2D eigenvalue weighted by Gasteiger charge is -2.19. The van der Waals surface area contributed by atoms with Gasteiger partial charge in [-0.15, -0.1) is 0 Å². The number of hydrogen-bond acceptors (Lipinski definition) is 5. The van der Waals surface area contributed by atoms with Gasteiger partial charge in [0.2, 0.25) is 10.0 Å². The largest absolute Gasteiger partial charge is 0.492 e. The zero-order chi connectivity index (χ0) is 16.8. The molecule has 0 radical (unpaired) electrons. The Morgan fingerprint density at radius 1 is 1.35 bits per heavy atom. The molecular weight excluding hydrogens is 340 g/mol. The maximum absolute atomic E-state index is 12.9. The van der Waals surface area contributed by atoms with E-state index in [2.05, 4.69) is 5.16 Å². The number of aryl methyl sites for hydroxylation is 2. The summed E-state index contributed by atoms with van der Waals surface area (Å²) in [5.74, 6) is 1.01. The fourth-order valence-corrected chi connectivity index (χ4v) is 4.27. The van der Waals surface area contributed by atoms with E-state index < -0.39 is 10.0 Å². The Balaban J connectivity index is 1.99. The topological polar surface area (TPSA) is 72.6 Å². The normalized spacial score (nSPS) is 14.1. The molecule has 0 bridgehead atoms. The second-order valence-corrected chi connectivity index (χ2v) is 8.00. The number of hydrogen-bond donors (Lipinski definition) is 0. The van der Waals surface area contributed by atoms with Gasteiger partial charge in [0.15, 0.2) is 0 Å². The second-order valence-electron chi connectivity index (χ2n) is 5.55. The van der Waals surface area contributed by atoms with E-state index in [1.807, 2.05) is 0 Å². The smallest absolute Gasteiger partial charge is 0.246 e. The molecule has 0 N–H and O–H groups in total. The summed E-state index contributed by atoms with van der Waals surface area (Å²) in [6.07, 6.45) is 0.659. The summed E-state index contributed by atoms with van der Waals surface area (Å²) in [6, 6.07) is 3.18. The third-order valence-corrected chi connectivity index (χ3v) is 5.99. The molecule has 23 heavy (non-hydrogen) atoms. The zero-order valence-corrected chi connectivity index (χ0v) is 14.7. The maximum Gasteiger partial charge on any atom is 0.246 e. The number of aromatic nitrogens is 1. The molecule has 3 rings (SSSR count). The monoisotopic (exact) mass is 356 g/mol. The lowest BCUT2D eigenvalue weighted by atomic mass is 10.2. The first kappa shape index (κ1) is 16.3. The van der Waals surface area contributed by atoms with Crippen LogP contribution in [0.5, 0.6) is 5.75 Å². The van der Waals surface area contributed by atoms with Gasteiger partial charge in [-0.1, -0.05) is 16.8 Å². The summed E-state index contributed by atoms with van der Waals surface area (Å²) >= 11 is 6.07. The van der Waals surface area contributed by atoms with Crippen molar-refractivity contribution >= 4 is 21.6 Å². The molecule has 0 atom stereocenters. The van der Waals surface area contributed by atoms with Gasteiger partial charge < -0.3 is 9.26 Å². The molecule has 0 aliphatic carbocycles. The number of benzene rings is 1. The molecule has 0 fully saturated rings. The Morgan fingerprint density at radius 2 is 2.09 bits per heavy atom. The van der Waals surface area contributed by atoms with E-state index in [0.717, 1.165) is 11.1 Å². The van der Waals surface area contributed by atoms with Crippen LogP contribution in [0.2, 0.25) is 5.02 Å². The third-order valence-electron chi connectivity index (χ3n) is 3.96. The molecule has 0 spiro atoms. The Kier molecular flexibility index (Phi) is 4.12. The van der Waals surface area contributed by atoms with Gasteiger partial charge in [-0.2, -0.15) is 4.31 Å². The van der Waals surface area contributed by atoms with E-state index in [4.69, 9.17) is 20.9 Å². The quantitative estimate of drug-likeness (QED) is 0.842. The summed E-state index contributed by atoms with van der Waals surface area (Å²) in [7, 11) is -2.22. The van der Waals surface area contributed by atoms with E-state index >= 15 is 0 Å². The number of fused-ring (bicyclic) bond motifs is 1. The molecule has 124 valence electrons. The molecule has 8 heteroatoms. The number of sulfonamides is 1. The molecule has 0 saturated heterocycles. The summed E-state index contributed by atoms with van der Waals surface area (Å²) in [4.78, 5) is 0.103. The minimum atomic E-state index is -3.74. The van der Waals surface area contributed by atoms with Crippen LogP contribution in [-0.4, -0.2) is 31.5 Å². The highest BCUT2D eigenvalue weighted by molar-refractivity contribution is 7.89. The lowest BCUT2D eigenvalue weighted by molar-refractivity contribution is 0.346. The van der Waals surface area contributed by atoms with Crippen LogP contribution >= 0.6 is 11.6 Å². The molecule has 0 unspecified atom stereocenters. The zero-order valence-electron chi connectivity index (χ0n) is 13.1. The van der Waals surface area contributed by atoms with Crippen molar-refractivity contribution in [3.63, 3.8) is 0 Å². The van der Waals surface area contributed by atoms with Crippen molar-refractivity contribution in [3.05, 3.63) is 39.7 Å². The highest BCUT2D eigenvalue weighted by Gasteiger charge is 2.30. The molecule has 2 heterocycles. The summed E-state index contributed by atoms with van der Waals surface area (Å²) in [6.45, 7) is 4.18. The summed E-state index contributed by atoms with van der Waals surface area (Å²) in [5, 5.41) is 4.24. The Bertz CT molecular complexity index is 841. The maximum atomic E-state index is 12.9. The summed E-state index contributed by atoms with van der Waals surface area (Å²) < 4.78 is 37.7. The molecule has 1 aliphatic rings. The standard InChI is InChI=1S/C15H17ClN2O4S/c1-9-13(10(2)22-17-9)8-18(3)23(19,20)14-7-12(16)6-11-4-5-21-15(11)14/h6-7H,4-5,8H2,1-3H3. The number of rotatable bonds is 4. The SMILES string of the molecule is Cc1noc(C)c1CN(C)S(=O)(=O)c1cc(Cl)cc2c1OCC2. The first-order valence-electron chi connectivity index (χ1n) is 7.14. The molecule has 6 nitrogen and oxygen atoms in total. The van der Waals surface area contributed by atoms with Crippen molar-refractivity contribution in [1.82, 2.24) is 9.46 Å². The highest BCUT2D eigenvalue weighted by atomic mass is 35.5. The van der Waals surface area contributed by atoms with Gasteiger partial charge in [0.05, 0.1) is 12.3 Å². The first-order valence-corrected chi connectivity index (χ1v) is 8.96. The van der Waals surface area contributed by atoms with Crippen LogP contribution < -0.4 is 4.74 Å². The van der Waals surface area contributed by atoms with E-state index in [1.54, 1.807) is 19.9 Å². The minimum absolute atomic E-state index is 0.103. The van der Waals surface area contributed by atoms with Crippen molar-refractivity contribution in [1.29, 1.82) is 0 Å². The molecule has 1 aromatic carbocycles. The average molecular weight is 357 g/mol. The van der Waals surface area contributed by atoms with Gasteiger partial charge in [0.1, 0.15) is 16.4 Å². The minimum Gasteiger partial charge on any atom is -0.492 e. The van der Waals surface area contributed by atoms with E-state index in [0.29, 0.717) is 35.3 Å². The Hall–Kier alpha value is -1.57. The van der Waals surface area contributed by atoms with Crippen molar-refractivity contribution < 1.29 is 17.7 Å². The van der Waals surface area contributed by atoms with Gasteiger partial charge in [0.25, 0.3) is 0 Å². The fraction of sp³-hybridized carbons (Fsp3) is 0.400. The molecule has 1 aliphatic heterocycles. The summed E-state index contributed by atoms with van der Waals surface area (Å²) in [5.41, 5.74) is 2.26. The van der Waals surface area contributed by atoms with Gasteiger partial charge >= 0.3 is 0 Å². The Morgan fingerprint density at radius 3 is 2.74 bits per heavy atom. The fourth-order valence-electron chi connectivity index (χ4n) is 2.63. The predicted molar refractivity (Wildman–Crippen MR) is 85.3 cm³/mol. The third kappa shape index (κ3) is 2.84. The van der Waals surface area contributed by atoms with Crippen LogP contribution in [0, 0.1) is 13.8 Å². The number of ether oxygens (including phenoxy) is 1.